The van der Waals surface area contributed by atoms with Gasteiger partial charge in [-0.15, -0.1) is 0 Å². The lowest BCUT2D eigenvalue weighted by molar-refractivity contribution is 0.253. The molecule has 0 aromatic carbocycles. The first-order valence-electron chi connectivity index (χ1n) is 6.39. The molecule has 1 N–H and O–H groups in total. The summed E-state index contributed by atoms with van der Waals surface area (Å²) in [4.78, 5) is 6.63. The molecular weight excluding hydrogens is 212 g/mol. The lowest BCUT2D eigenvalue weighted by atomic mass is 9.93. The summed E-state index contributed by atoms with van der Waals surface area (Å²) in [5, 5.41) is 3.49. The average Bonchev–Trinajstić information content (AvgIpc) is 2.93. The Balaban J connectivity index is 1.90. The van der Waals surface area contributed by atoms with Crippen molar-refractivity contribution in [1.82, 2.24) is 14.5 Å². The molecule has 1 saturated carbocycles. The highest BCUT2D eigenvalue weighted by atomic mass is 15.2. The van der Waals surface area contributed by atoms with E-state index in [1.165, 1.54) is 12.8 Å². The fourth-order valence-electron chi connectivity index (χ4n) is 2.33. The van der Waals surface area contributed by atoms with Crippen molar-refractivity contribution in [2.24, 2.45) is 5.41 Å². The van der Waals surface area contributed by atoms with Gasteiger partial charge >= 0.3 is 0 Å². The summed E-state index contributed by atoms with van der Waals surface area (Å²) >= 11 is 0. The summed E-state index contributed by atoms with van der Waals surface area (Å²) in [6, 6.07) is 0.692. The topological polar surface area (TPSA) is 33.1 Å². The molecule has 17 heavy (non-hydrogen) atoms. The van der Waals surface area contributed by atoms with Crippen LogP contribution in [0.3, 0.4) is 0 Å². The second-order valence-electron chi connectivity index (χ2n) is 6.14. The van der Waals surface area contributed by atoms with E-state index in [2.05, 4.69) is 53.9 Å². The Morgan fingerprint density at radius 3 is 2.76 bits per heavy atom. The molecule has 0 aliphatic heterocycles. The fraction of sp³-hybridized carbons (Fsp3) is 0.769. The first-order chi connectivity index (χ1) is 7.98. The summed E-state index contributed by atoms with van der Waals surface area (Å²) in [6.45, 7) is 6.59. The third kappa shape index (κ3) is 3.46. The standard InChI is InChI=1S/C13H24N4/c1-13(2,10-16(3)4)9-15-12-14-7-8-17(12)11-5-6-11/h7-8,11H,5-6,9-10H2,1-4H3,(H,14,15). The summed E-state index contributed by atoms with van der Waals surface area (Å²) in [5.74, 6) is 1.03. The van der Waals surface area contributed by atoms with Crippen molar-refractivity contribution < 1.29 is 0 Å². The lowest BCUT2D eigenvalue weighted by Crippen LogP contribution is -2.34. The van der Waals surface area contributed by atoms with E-state index in [1.54, 1.807) is 0 Å². The van der Waals surface area contributed by atoms with Gasteiger partial charge in [0.1, 0.15) is 0 Å². The van der Waals surface area contributed by atoms with E-state index in [0.717, 1.165) is 19.0 Å². The summed E-state index contributed by atoms with van der Waals surface area (Å²) < 4.78 is 2.27. The number of imidazole rings is 1. The normalized spacial score (nSPS) is 16.5. The fourth-order valence-corrected chi connectivity index (χ4v) is 2.33. The minimum Gasteiger partial charge on any atom is -0.355 e. The maximum atomic E-state index is 4.40. The molecule has 1 aromatic heterocycles. The molecule has 4 heteroatoms. The third-order valence-corrected chi connectivity index (χ3v) is 3.08. The summed E-state index contributed by atoms with van der Waals surface area (Å²) in [7, 11) is 4.24. The predicted octanol–water partition coefficient (Wildman–Crippen LogP) is 2.22. The van der Waals surface area contributed by atoms with Crippen LogP contribution in [0.2, 0.25) is 0 Å². The number of nitrogens with one attached hydrogen (secondary N) is 1. The second kappa shape index (κ2) is 4.69. The highest BCUT2D eigenvalue weighted by Gasteiger charge is 2.26. The molecule has 4 nitrogen and oxygen atoms in total. The molecule has 0 atom stereocenters. The monoisotopic (exact) mass is 236 g/mol. The highest BCUT2D eigenvalue weighted by molar-refractivity contribution is 5.28. The van der Waals surface area contributed by atoms with Gasteiger partial charge in [-0.05, 0) is 32.4 Å². The van der Waals surface area contributed by atoms with E-state index in [9.17, 15) is 0 Å². The van der Waals surface area contributed by atoms with Gasteiger partial charge in [-0.1, -0.05) is 13.8 Å². The Morgan fingerprint density at radius 1 is 1.47 bits per heavy atom. The molecule has 0 amide bonds. The van der Waals surface area contributed by atoms with Crippen LogP contribution in [0.5, 0.6) is 0 Å². The zero-order chi connectivity index (χ0) is 12.5. The maximum absolute atomic E-state index is 4.40. The minimum absolute atomic E-state index is 0.254. The zero-order valence-electron chi connectivity index (χ0n) is 11.4. The van der Waals surface area contributed by atoms with E-state index >= 15 is 0 Å². The van der Waals surface area contributed by atoms with Crippen LogP contribution in [0.25, 0.3) is 0 Å². The quantitative estimate of drug-likeness (QED) is 0.822. The Labute approximate surface area is 104 Å². The molecule has 1 aromatic rings. The van der Waals surface area contributed by atoms with Crippen LogP contribution in [-0.2, 0) is 0 Å². The van der Waals surface area contributed by atoms with Crippen molar-refractivity contribution in [3.63, 3.8) is 0 Å². The van der Waals surface area contributed by atoms with E-state index in [0.29, 0.717) is 6.04 Å². The molecule has 0 radical (unpaired) electrons. The Kier molecular flexibility index (Phi) is 3.43. The first kappa shape index (κ1) is 12.4. The molecule has 2 rings (SSSR count). The number of rotatable bonds is 6. The van der Waals surface area contributed by atoms with Crippen LogP contribution in [-0.4, -0.2) is 41.6 Å². The summed E-state index contributed by atoms with van der Waals surface area (Å²) in [5.41, 5.74) is 0.254. The molecule has 0 spiro atoms. The molecule has 96 valence electrons. The van der Waals surface area contributed by atoms with Gasteiger partial charge in [0.25, 0.3) is 0 Å². The van der Waals surface area contributed by atoms with Gasteiger partial charge in [-0.25, -0.2) is 4.98 Å². The number of aromatic nitrogens is 2. The van der Waals surface area contributed by atoms with Crippen molar-refractivity contribution in [3.8, 4) is 0 Å². The molecule has 0 bridgehead atoms. The molecule has 0 unspecified atom stereocenters. The van der Waals surface area contributed by atoms with E-state index in [-0.39, 0.29) is 5.41 Å². The Morgan fingerprint density at radius 2 is 2.18 bits per heavy atom. The van der Waals surface area contributed by atoms with Gasteiger partial charge in [-0.3, -0.25) is 0 Å². The van der Waals surface area contributed by atoms with Crippen molar-refractivity contribution >= 4 is 5.95 Å². The van der Waals surface area contributed by atoms with E-state index in [4.69, 9.17) is 0 Å². The van der Waals surface area contributed by atoms with Crippen LogP contribution in [0.15, 0.2) is 12.4 Å². The van der Waals surface area contributed by atoms with Crippen LogP contribution in [0.4, 0.5) is 5.95 Å². The molecule has 0 saturated heterocycles. The van der Waals surface area contributed by atoms with Crippen molar-refractivity contribution in [3.05, 3.63) is 12.4 Å². The van der Waals surface area contributed by atoms with Gasteiger partial charge in [0.2, 0.25) is 5.95 Å². The molecular formula is C13H24N4. The number of nitrogens with zero attached hydrogens (tertiary/aromatic N) is 3. The zero-order valence-corrected chi connectivity index (χ0v) is 11.4. The second-order valence-corrected chi connectivity index (χ2v) is 6.14. The van der Waals surface area contributed by atoms with Crippen molar-refractivity contribution in [2.45, 2.75) is 32.7 Å². The van der Waals surface area contributed by atoms with E-state index < -0.39 is 0 Å². The average molecular weight is 236 g/mol. The molecule has 1 fully saturated rings. The van der Waals surface area contributed by atoms with Crippen LogP contribution >= 0.6 is 0 Å². The SMILES string of the molecule is CN(C)CC(C)(C)CNc1nccn1C1CC1. The smallest absolute Gasteiger partial charge is 0.203 e. The molecule has 1 aliphatic rings. The maximum Gasteiger partial charge on any atom is 0.203 e. The van der Waals surface area contributed by atoms with E-state index in [1.807, 2.05) is 6.20 Å². The number of anilines is 1. The van der Waals surface area contributed by atoms with Gasteiger partial charge in [0.15, 0.2) is 0 Å². The van der Waals surface area contributed by atoms with Gasteiger partial charge in [0.05, 0.1) is 0 Å². The van der Waals surface area contributed by atoms with Crippen molar-refractivity contribution in [2.75, 3.05) is 32.5 Å². The number of hydrogen-bond acceptors (Lipinski definition) is 3. The van der Waals surface area contributed by atoms with Crippen LogP contribution in [0.1, 0.15) is 32.7 Å². The number of hydrogen-bond donors (Lipinski definition) is 1. The molecule has 1 aliphatic carbocycles. The Hall–Kier alpha value is -1.03. The Bertz CT molecular complexity index is 363. The summed E-state index contributed by atoms with van der Waals surface area (Å²) in [6.07, 6.45) is 6.57. The first-order valence-corrected chi connectivity index (χ1v) is 6.39. The largest absolute Gasteiger partial charge is 0.355 e. The van der Waals surface area contributed by atoms with Crippen molar-refractivity contribution in [1.29, 1.82) is 0 Å². The van der Waals surface area contributed by atoms with Gasteiger partial charge in [0, 0.05) is 31.5 Å². The lowest BCUT2D eigenvalue weighted by Gasteiger charge is -2.28. The van der Waals surface area contributed by atoms with Crippen LogP contribution < -0.4 is 5.32 Å². The van der Waals surface area contributed by atoms with Gasteiger partial charge in [-0.2, -0.15) is 0 Å². The minimum atomic E-state index is 0.254. The highest BCUT2D eigenvalue weighted by Crippen LogP contribution is 2.36. The third-order valence-electron chi connectivity index (χ3n) is 3.08. The molecule has 1 heterocycles. The van der Waals surface area contributed by atoms with Gasteiger partial charge < -0.3 is 14.8 Å². The predicted molar refractivity (Wildman–Crippen MR) is 71.3 cm³/mol. The van der Waals surface area contributed by atoms with Crippen LogP contribution in [0, 0.1) is 5.41 Å².